The molecule has 0 saturated heterocycles. The molecule has 1 aliphatic heterocycles. The zero-order valence-electron chi connectivity index (χ0n) is 22.4. The molecule has 5 rings (SSSR count). The predicted molar refractivity (Wildman–Crippen MR) is 139 cm³/mol. The number of aliphatic hydroxyl groups excluding tert-OH is 1. The van der Waals surface area contributed by atoms with E-state index in [-0.39, 0.29) is 47.8 Å². The molecule has 2 aromatic heterocycles. The summed E-state index contributed by atoms with van der Waals surface area (Å²) in [5.74, 6) is -0.565. The Labute approximate surface area is 226 Å². The third-order valence-electron chi connectivity index (χ3n) is 8.10. The van der Waals surface area contributed by atoms with Gasteiger partial charge in [-0.3, -0.25) is 0 Å². The number of esters is 1. The van der Waals surface area contributed by atoms with Gasteiger partial charge >= 0.3 is 5.97 Å². The van der Waals surface area contributed by atoms with Crippen molar-refractivity contribution in [3.05, 3.63) is 64.2 Å². The van der Waals surface area contributed by atoms with E-state index in [2.05, 4.69) is 21.1 Å². The van der Waals surface area contributed by atoms with Crippen LogP contribution in [0.4, 0.5) is 4.39 Å². The number of aliphatic hydroxyl groups is 1. The van der Waals surface area contributed by atoms with E-state index in [0.717, 1.165) is 31.2 Å². The first kappa shape index (κ1) is 26.6. The summed E-state index contributed by atoms with van der Waals surface area (Å²) in [6.45, 7) is 5.07. The number of aromatic hydroxyl groups is 1. The molecule has 0 radical (unpaired) electrons. The molecule has 1 saturated carbocycles. The van der Waals surface area contributed by atoms with Gasteiger partial charge in [-0.15, -0.1) is 5.10 Å². The fraction of sp³-hybridized carbons (Fsp3) is 0.483. The van der Waals surface area contributed by atoms with Crippen LogP contribution in [0.2, 0.25) is 0 Å². The molecule has 1 unspecified atom stereocenters. The van der Waals surface area contributed by atoms with Crippen molar-refractivity contribution in [2.75, 3.05) is 0 Å². The Hall–Kier alpha value is -4.00. The molecule has 1 aromatic carbocycles. The maximum atomic E-state index is 14.9. The van der Waals surface area contributed by atoms with E-state index in [4.69, 9.17) is 4.74 Å². The van der Waals surface area contributed by atoms with E-state index in [1.54, 1.807) is 26.2 Å². The zero-order valence-corrected chi connectivity index (χ0v) is 22.4. The maximum Gasteiger partial charge on any atom is 0.338 e. The number of carbonyl (C=O) groups is 1. The molecule has 0 amide bonds. The van der Waals surface area contributed by atoms with E-state index < -0.39 is 22.8 Å². The van der Waals surface area contributed by atoms with Gasteiger partial charge in [-0.2, -0.15) is 10.2 Å². The second-order valence-electron chi connectivity index (χ2n) is 11.3. The number of phenols is 1. The van der Waals surface area contributed by atoms with Gasteiger partial charge in [0.15, 0.2) is 5.82 Å². The largest absolute Gasteiger partial charge is 0.512 e. The van der Waals surface area contributed by atoms with Gasteiger partial charge in [0.2, 0.25) is 0 Å². The number of nitriles is 1. The highest BCUT2D eigenvalue weighted by molar-refractivity contribution is 5.90. The summed E-state index contributed by atoms with van der Waals surface area (Å²) in [5.41, 5.74) is -0.551. The third kappa shape index (κ3) is 5.05. The number of aryl methyl sites for hydroxylation is 2. The minimum absolute atomic E-state index is 0.00988. The van der Waals surface area contributed by atoms with Gasteiger partial charge in [-0.1, -0.05) is 12.8 Å². The van der Waals surface area contributed by atoms with E-state index in [1.807, 2.05) is 6.92 Å². The van der Waals surface area contributed by atoms with Crippen LogP contribution in [0.15, 0.2) is 35.9 Å². The van der Waals surface area contributed by atoms with Crippen LogP contribution in [-0.2, 0) is 27.8 Å². The van der Waals surface area contributed by atoms with Gasteiger partial charge < -0.3 is 14.9 Å². The number of ether oxygens (including phenoxy) is 1. The standard InChI is InChI=1S/C29H32FN5O4/c1-17-14-32-27-33-25(34-35(27)15-17)11-20-24(37)13-29(39-26(20)38,19-6-4-5-7-19)9-8-18-10-22(30)21(12-23(18)36)28(2,3)16-31/h10,12,14-15,19,36-37H,4-9,11,13H2,1-3H3. The molecule has 0 bridgehead atoms. The van der Waals surface area contributed by atoms with Crippen LogP contribution in [0.25, 0.3) is 5.78 Å². The highest BCUT2D eigenvalue weighted by atomic mass is 19.1. The average molecular weight is 534 g/mol. The summed E-state index contributed by atoms with van der Waals surface area (Å²) in [5, 5.41) is 35.6. The lowest BCUT2D eigenvalue weighted by molar-refractivity contribution is -0.167. The first-order chi connectivity index (χ1) is 18.5. The van der Waals surface area contributed by atoms with Crippen LogP contribution in [0.5, 0.6) is 5.75 Å². The number of benzene rings is 1. The second-order valence-corrected chi connectivity index (χ2v) is 11.3. The maximum absolute atomic E-state index is 14.9. The summed E-state index contributed by atoms with van der Waals surface area (Å²) in [4.78, 5) is 21.9. The van der Waals surface area contributed by atoms with Crippen molar-refractivity contribution in [2.45, 2.75) is 83.2 Å². The van der Waals surface area contributed by atoms with Crippen LogP contribution in [0.1, 0.15) is 74.9 Å². The predicted octanol–water partition coefficient (Wildman–Crippen LogP) is 4.94. The van der Waals surface area contributed by atoms with Gasteiger partial charge in [0, 0.05) is 30.8 Å². The van der Waals surface area contributed by atoms with E-state index in [0.29, 0.717) is 23.6 Å². The Balaban J connectivity index is 1.41. The number of cyclic esters (lactones) is 1. The van der Waals surface area contributed by atoms with Crippen LogP contribution in [0, 0.1) is 30.0 Å². The molecule has 1 aliphatic carbocycles. The number of carbonyl (C=O) groups excluding carboxylic acids is 1. The fourth-order valence-electron chi connectivity index (χ4n) is 5.83. The number of hydrogen-bond donors (Lipinski definition) is 2. The lowest BCUT2D eigenvalue weighted by Crippen LogP contribution is -2.46. The Morgan fingerprint density at radius 1 is 1.28 bits per heavy atom. The van der Waals surface area contributed by atoms with Crippen molar-refractivity contribution in [1.29, 1.82) is 5.26 Å². The highest BCUT2D eigenvalue weighted by Gasteiger charge is 2.48. The number of phenolic OH excluding ortho intramolecular Hbond substituents is 1. The van der Waals surface area contributed by atoms with Crippen molar-refractivity contribution in [3.63, 3.8) is 0 Å². The zero-order chi connectivity index (χ0) is 27.9. The summed E-state index contributed by atoms with van der Waals surface area (Å²) < 4.78 is 22.6. The van der Waals surface area contributed by atoms with Gasteiger partial charge in [-0.25, -0.2) is 18.7 Å². The number of aromatic nitrogens is 4. The number of hydrogen-bond acceptors (Lipinski definition) is 8. The number of nitrogens with zero attached hydrogens (tertiary/aromatic N) is 5. The van der Waals surface area contributed by atoms with Gasteiger partial charge in [0.05, 0.1) is 17.1 Å². The van der Waals surface area contributed by atoms with Gasteiger partial charge in [0.1, 0.15) is 22.9 Å². The molecular formula is C29H32FN5O4. The molecule has 204 valence electrons. The first-order valence-corrected chi connectivity index (χ1v) is 13.3. The topological polar surface area (TPSA) is 134 Å². The SMILES string of the molecule is Cc1cnc2nc(CC3=C(O)CC(CCc4cc(F)c(C(C)(C)C#N)cc4O)(C4CCCC4)OC3=O)nn2c1. The summed E-state index contributed by atoms with van der Waals surface area (Å²) in [6, 6.07) is 4.61. The average Bonchev–Trinajstić information content (AvgIpc) is 3.56. The Morgan fingerprint density at radius 3 is 2.72 bits per heavy atom. The minimum Gasteiger partial charge on any atom is -0.512 e. The van der Waals surface area contributed by atoms with Crippen molar-refractivity contribution >= 4 is 11.7 Å². The molecule has 9 nitrogen and oxygen atoms in total. The van der Waals surface area contributed by atoms with Crippen molar-refractivity contribution in [1.82, 2.24) is 19.6 Å². The number of fused-ring (bicyclic) bond motifs is 1. The van der Waals surface area contributed by atoms with Gasteiger partial charge in [0.25, 0.3) is 5.78 Å². The molecule has 2 aliphatic rings. The Kier molecular flexibility index (Phi) is 6.79. The van der Waals surface area contributed by atoms with E-state index in [9.17, 15) is 24.7 Å². The molecule has 10 heteroatoms. The Morgan fingerprint density at radius 2 is 2.03 bits per heavy atom. The fourth-order valence-corrected chi connectivity index (χ4v) is 5.83. The molecule has 1 fully saturated rings. The van der Waals surface area contributed by atoms with E-state index >= 15 is 0 Å². The van der Waals surface area contributed by atoms with Gasteiger partial charge in [-0.05, 0) is 75.6 Å². The van der Waals surface area contributed by atoms with E-state index in [1.165, 1.54) is 16.6 Å². The molecule has 3 aromatic rings. The smallest absolute Gasteiger partial charge is 0.338 e. The van der Waals surface area contributed by atoms with Crippen molar-refractivity contribution < 1.29 is 24.1 Å². The summed E-state index contributed by atoms with van der Waals surface area (Å²) >= 11 is 0. The highest BCUT2D eigenvalue weighted by Crippen LogP contribution is 2.46. The number of halogens is 1. The van der Waals surface area contributed by atoms with Crippen LogP contribution in [0.3, 0.4) is 0 Å². The van der Waals surface area contributed by atoms with Crippen molar-refractivity contribution in [2.24, 2.45) is 5.92 Å². The normalized spacial score (nSPS) is 20.4. The monoisotopic (exact) mass is 533 g/mol. The quantitative estimate of drug-likeness (QED) is 0.408. The molecule has 2 N–H and O–H groups in total. The molecule has 39 heavy (non-hydrogen) atoms. The molecular weight excluding hydrogens is 501 g/mol. The minimum atomic E-state index is -1.10. The first-order valence-electron chi connectivity index (χ1n) is 13.3. The Bertz CT molecular complexity index is 1520. The van der Waals surface area contributed by atoms with Crippen molar-refractivity contribution in [3.8, 4) is 11.8 Å². The molecule has 3 heterocycles. The molecule has 0 spiro atoms. The van der Waals surface area contributed by atoms with Crippen LogP contribution < -0.4 is 0 Å². The van der Waals surface area contributed by atoms with Crippen LogP contribution in [-0.4, -0.2) is 41.4 Å². The summed E-state index contributed by atoms with van der Waals surface area (Å²) in [7, 11) is 0. The lowest BCUT2D eigenvalue weighted by atomic mass is 9.76. The lowest BCUT2D eigenvalue weighted by Gasteiger charge is -2.41. The second kappa shape index (κ2) is 9.95. The third-order valence-corrected chi connectivity index (χ3v) is 8.10. The molecule has 1 atom stereocenters. The summed E-state index contributed by atoms with van der Waals surface area (Å²) in [6.07, 6.45) is 7.84. The van der Waals surface area contributed by atoms with Crippen LogP contribution >= 0.6 is 0 Å². The number of rotatable bonds is 7.